The van der Waals surface area contributed by atoms with Gasteiger partial charge in [-0.3, -0.25) is 14.6 Å². The van der Waals surface area contributed by atoms with Crippen LogP contribution in [0.5, 0.6) is 0 Å². The van der Waals surface area contributed by atoms with Crippen molar-refractivity contribution in [2.24, 2.45) is 0 Å². The average molecular weight is 350 g/mol. The van der Waals surface area contributed by atoms with Crippen molar-refractivity contribution in [1.29, 1.82) is 0 Å². The highest BCUT2D eigenvalue weighted by Gasteiger charge is 2.28. The van der Waals surface area contributed by atoms with Gasteiger partial charge in [-0.25, -0.2) is 4.98 Å². The van der Waals surface area contributed by atoms with Crippen LogP contribution in [0.2, 0.25) is 0 Å². The van der Waals surface area contributed by atoms with Crippen molar-refractivity contribution in [3.05, 3.63) is 54.1 Å². The second-order valence-corrected chi connectivity index (χ2v) is 6.56. The Labute approximate surface area is 152 Å². The molecule has 1 aromatic carbocycles. The van der Waals surface area contributed by atoms with Gasteiger partial charge in [0.05, 0.1) is 0 Å². The van der Waals surface area contributed by atoms with Crippen LogP contribution in [0.4, 0.5) is 0 Å². The summed E-state index contributed by atoms with van der Waals surface area (Å²) >= 11 is 0. The number of hydrogen-bond acceptors (Lipinski definition) is 4. The van der Waals surface area contributed by atoms with E-state index in [0.29, 0.717) is 18.1 Å². The molecule has 1 fully saturated rings. The summed E-state index contributed by atoms with van der Waals surface area (Å²) in [6.45, 7) is 4.16. The Balaban J connectivity index is 1.48. The van der Waals surface area contributed by atoms with Gasteiger partial charge in [-0.15, -0.1) is 0 Å². The molecule has 1 aliphatic heterocycles. The van der Waals surface area contributed by atoms with E-state index in [0.717, 1.165) is 37.3 Å². The first-order chi connectivity index (χ1) is 12.7. The fraction of sp³-hybridized carbons (Fsp3) is 0.368. The Morgan fingerprint density at radius 1 is 1.27 bits per heavy atom. The zero-order valence-corrected chi connectivity index (χ0v) is 14.8. The molecule has 1 aliphatic rings. The largest absolute Gasteiger partial charge is 0.337 e. The topological polar surface area (TPSA) is 79.7 Å². The predicted octanol–water partition coefficient (Wildman–Crippen LogP) is 2.71. The number of hydrogen-bond donors (Lipinski definition) is 1. The van der Waals surface area contributed by atoms with E-state index in [1.165, 1.54) is 0 Å². The third kappa shape index (κ3) is 3.24. The molecule has 3 aromatic rings. The number of carbonyl (C=O) groups is 1. The first-order valence-electron chi connectivity index (χ1n) is 9.05. The van der Waals surface area contributed by atoms with Crippen molar-refractivity contribution in [1.82, 2.24) is 29.9 Å². The molecule has 7 heteroatoms. The summed E-state index contributed by atoms with van der Waals surface area (Å²) in [5, 5.41) is 11.8. The smallest absolute Gasteiger partial charge is 0.274 e. The number of likely N-dealkylation sites (tertiary alicyclic amines) is 1. The third-order valence-corrected chi connectivity index (χ3v) is 4.81. The maximum atomic E-state index is 12.7. The Morgan fingerprint density at radius 3 is 2.88 bits per heavy atom. The number of piperidine rings is 1. The van der Waals surface area contributed by atoms with E-state index in [9.17, 15) is 4.79 Å². The van der Waals surface area contributed by atoms with Crippen molar-refractivity contribution in [2.45, 2.75) is 32.2 Å². The number of aromatic nitrogens is 5. The van der Waals surface area contributed by atoms with Gasteiger partial charge in [0.15, 0.2) is 5.82 Å². The summed E-state index contributed by atoms with van der Waals surface area (Å²) in [7, 11) is 0. The fourth-order valence-corrected chi connectivity index (χ4v) is 3.37. The number of rotatable bonds is 4. The third-order valence-electron chi connectivity index (χ3n) is 4.81. The van der Waals surface area contributed by atoms with Gasteiger partial charge >= 0.3 is 0 Å². The predicted molar refractivity (Wildman–Crippen MR) is 97.6 cm³/mol. The van der Waals surface area contributed by atoms with E-state index in [-0.39, 0.29) is 11.8 Å². The zero-order chi connectivity index (χ0) is 17.9. The Morgan fingerprint density at radius 2 is 2.12 bits per heavy atom. The lowest BCUT2D eigenvalue weighted by atomic mass is 9.97. The minimum absolute atomic E-state index is 0.00954. The summed E-state index contributed by atoms with van der Waals surface area (Å²) in [5.74, 6) is 1.71. The number of aromatic amines is 1. The maximum absolute atomic E-state index is 12.7. The van der Waals surface area contributed by atoms with Crippen molar-refractivity contribution in [3.63, 3.8) is 0 Å². The number of nitrogens with zero attached hydrogens (tertiary/aromatic N) is 5. The Hall–Kier alpha value is -2.96. The molecular weight excluding hydrogens is 328 g/mol. The van der Waals surface area contributed by atoms with Gasteiger partial charge in [-0.05, 0) is 25.8 Å². The van der Waals surface area contributed by atoms with E-state index in [1.54, 1.807) is 10.7 Å². The lowest BCUT2D eigenvalue weighted by Gasteiger charge is -2.31. The van der Waals surface area contributed by atoms with E-state index < -0.39 is 0 Å². The SMILES string of the molecule is CCn1ccc(C(=O)N2CCCC(c3nc(-c4ccccc4)n[nH]3)C2)n1. The van der Waals surface area contributed by atoms with Crippen LogP contribution in [-0.4, -0.2) is 48.9 Å². The fourth-order valence-electron chi connectivity index (χ4n) is 3.37. The van der Waals surface area contributed by atoms with Gasteiger partial charge in [0.2, 0.25) is 0 Å². The van der Waals surface area contributed by atoms with Crippen LogP contribution in [0.3, 0.4) is 0 Å². The molecule has 134 valence electrons. The van der Waals surface area contributed by atoms with Crippen LogP contribution < -0.4 is 0 Å². The quantitative estimate of drug-likeness (QED) is 0.784. The summed E-state index contributed by atoms with van der Waals surface area (Å²) < 4.78 is 1.78. The molecule has 0 radical (unpaired) electrons. The number of amides is 1. The molecule has 26 heavy (non-hydrogen) atoms. The van der Waals surface area contributed by atoms with Gasteiger partial charge in [-0.2, -0.15) is 10.2 Å². The van der Waals surface area contributed by atoms with E-state index in [1.807, 2.05) is 48.4 Å². The number of benzene rings is 1. The van der Waals surface area contributed by atoms with E-state index in [2.05, 4.69) is 20.3 Å². The standard InChI is InChI=1S/C19H22N6O/c1-2-25-12-10-16(23-25)19(26)24-11-6-9-15(13-24)18-20-17(21-22-18)14-7-4-3-5-8-14/h3-5,7-8,10,12,15H,2,6,9,11,13H2,1H3,(H,20,21,22). The van der Waals surface area contributed by atoms with Gasteiger partial charge in [-0.1, -0.05) is 30.3 Å². The highest BCUT2D eigenvalue weighted by atomic mass is 16.2. The molecule has 0 aliphatic carbocycles. The zero-order valence-electron chi connectivity index (χ0n) is 14.8. The lowest BCUT2D eigenvalue weighted by molar-refractivity contribution is 0.0697. The Bertz CT molecular complexity index is 884. The van der Waals surface area contributed by atoms with E-state index in [4.69, 9.17) is 0 Å². The molecule has 4 rings (SSSR count). The molecule has 2 aromatic heterocycles. The second kappa shape index (κ2) is 7.11. The van der Waals surface area contributed by atoms with Crippen molar-refractivity contribution < 1.29 is 4.79 Å². The van der Waals surface area contributed by atoms with Crippen LogP contribution in [0.25, 0.3) is 11.4 Å². The van der Waals surface area contributed by atoms with Crippen LogP contribution in [0.1, 0.15) is 42.0 Å². The first kappa shape index (κ1) is 16.5. The normalized spacial score (nSPS) is 17.4. The molecule has 1 atom stereocenters. The minimum Gasteiger partial charge on any atom is -0.337 e. The number of aryl methyl sites for hydroxylation is 1. The molecule has 1 unspecified atom stereocenters. The molecule has 0 saturated carbocycles. The maximum Gasteiger partial charge on any atom is 0.274 e. The van der Waals surface area contributed by atoms with Crippen LogP contribution in [-0.2, 0) is 6.54 Å². The number of nitrogens with one attached hydrogen (secondary N) is 1. The highest BCUT2D eigenvalue weighted by molar-refractivity contribution is 5.92. The second-order valence-electron chi connectivity index (χ2n) is 6.56. The summed E-state index contributed by atoms with van der Waals surface area (Å²) in [6, 6.07) is 11.7. The monoisotopic (exact) mass is 350 g/mol. The molecular formula is C19H22N6O. The van der Waals surface area contributed by atoms with Crippen LogP contribution in [0.15, 0.2) is 42.6 Å². The van der Waals surface area contributed by atoms with Gasteiger partial charge in [0, 0.05) is 37.3 Å². The Kier molecular flexibility index (Phi) is 4.51. The lowest BCUT2D eigenvalue weighted by Crippen LogP contribution is -2.39. The van der Waals surface area contributed by atoms with Crippen molar-refractivity contribution >= 4 is 5.91 Å². The molecule has 1 N–H and O–H groups in total. The molecule has 0 bridgehead atoms. The van der Waals surface area contributed by atoms with Crippen molar-refractivity contribution in [3.8, 4) is 11.4 Å². The minimum atomic E-state index is -0.00954. The van der Waals surface area contributed by atoms with Gasteiger partial charge < -0.3 is 4.90 Å². The average Bonchev–Trinajstić information content (AvgIpc) is 3.38. The molecule has 0 spiro atoms. The first-order valence-corrected chi connectivity index (χ1v) is 9.05. The number of H-pyrrole nitrogens is 1. The van der Waals surface area contributed by atoms with Crippen LogP contribution >= 0.6 is 0 Å². The molecule has 1 amide bonds. The van der Waals surface area contributed by atoms with Gasteiger partial charge in [0.1, 0.15) is 11.5 Å². The summed E-state index contributed by atoms with van der Waals surface area (Å²) in [6.07, 6.45) is 3.79. The van der Waals surface area contributed by atoms with E-state index >= 15 is 0 Å². The molecule has 7 nitrogen and oxygen atoms in total. The highest BCUT2D eigenvalue weighted by Crippen LogP contribution is 2.26. The van der Waals surface area contributed by atoms with Crippen LogP contribution in [0, 0.1) is 0 Å². The summed E-state index contributed by atoms with van der Waals surface area (Å²) in [4.78, 5) is 19.3. The molecule has 1 saturated heterocycles. The molecule has 3 heterocycles. The van der Waals surface area contributed by atoms with Crippen molar-refractivity contribution in [2.75, 3.05) is 13.1 Å². The van der Waals surface area contributed by atoms with Gasteiger partial charge in [0.25, 0.3) is 5.91 Å². The number of carbonyl (C=O) groups excluding carboxylic acids is 1. The summed E-state index contributed by atoms with van der Waals surface area (Å²) in [5.41, 5.74) is 1.50.